The van der Waals surface area contributed by atoms with Crippen molar-refractivity contribution < 1.29 is 14.4 Å². The van der Waals surface area contributed by atoms with Gasteiger partial charge in [-0.2, -0.15) is 0 Å². The lowest BCUT2D eigenvalue weighted by Gasteiger charge is -2.13. The molecule has 0 bridgehead atoms. The van der Waals surface area contributed by atoms with E-state index in [1.807, 2.05) is 19.1 Å². The number of halogens is 1. The van der Waals surface area contributed by atoms with Crippen LogP contribution in [0.15, 0.2) is 66.7 Å². The molecule has 0 spiro atoms. The monoisotopic (exact) mass is 390 g/mol. The van der Waals surface area contributed by atoms with Gasteiger partial charge in [0.2, 0.25) is 0 Å². The van der Waals surface area contributed by atoms with Gasteiger partial charge in [-0.15, -0.1) is 0 Å². The number of aryl methyl sites for hydroxylation is 1. The highest BCUT2D eigenvalue weighted by molar-refractivity contribution is 6.34. The molecule has 138 valence electrons. The second-order valence-corrected chi connectivity index (χ2v) is 6.94. The molecule has 4 rings (SSSR count). The standard InChI is InChI=1S/C22H15ClN2O3/c1-13-2-9-17(10-3-13)25-21(27)18-11-4-14(12-19(18)22(25)28)20(26)24-16-7-5-15(23)6-8-16/h2-12H,1H3,(H,24,26). The van der Waals surface area contributed by atoms with E-state index in [9.17, 15) is 14.4 Å². The zero-order valence-electron chi connectivity index (χ0n) is 14.9. The summed E-state index contributed by atoms with van der Waals surface area (Å²) >= 11 is 5.84. The van der Waals surface area contributed by atoms with Gasteiger partial charge in [0, 0.05) is 16.3 Å². The number of hydrogen-bond donors (Lipinski definition) is 1. The number of nitrogens with zero attached hydrogens (tertiary/aromatic N) is 1. The topological polar surface area (TPSA) is 66.5 Å². The van der Waals surface area contributed by atoms with Gasteiger partial charge in [0.25, 0.3) is 17.7 Å². The summed E-state index contributed by atoms with van der Waals surface area (Å²) in [4.78, 5) is 39.2. The van der Waals surface area contributed by atoms with Crippen LogP contribution in [0.25, 0.3) is 0 Å². The van der Waals surface area contributed by atoms with E-state index in [2.05, 4.69) is 5.32 Å². The lowest BCUT2D eigenvalue weighted by Crippen LogP contribution is -2.29. The van der Waals surface area contributed by atoms with Crippen LogP contribution in [0.5, 0.6) is 0 Å². The number of fused-ring (bicyclic) bond motifs is 1. The van der Waals surface area contributed by atoms with Crippen LogP contribution in [-0.2, 0) is 0 Å². The minimum Gasteiger partial charge on any atom is -0.322 e. The number of nitrogens with one attached hydrogen (secondary N) is 1. The normalized spacial score (nSPS) is 12.9. The largest absolute Gasteiger partial charge is 0.322 e. The predicted molar refractivity (Wildman–Crippen MR) is 108 cm³/mol. The Labute approximate surface area is 166 Å². The molecule has 3 aromatic rings. The minimum absolute atomic E-state index is 0.217. The SMILES string of the molecule is Cc1ccc(N2C(=O)c3ccc(C(=O)Nc4ccc(Cl)cc4)cc3C2=O)cc1. The maximum atomic E-state index is 12.8. The molecule has 28 heavy (non-hydrogen) atoms. The molecular formula is C22H15ClN2O3. The van der Waals surface area contributed by atoms with E-state index in [1.54, 1.807) is 36.4 Å². The first-order valence-corrected chi connectivity index (χ1v) is 8.98. The van der Waals surface area contributed by atoms with Crippen LogP contribution < -0.4 is 10.2 Å². The van der Waals surface area contributed by atoms with Crippen LogP contribution >= 0.6 is 11.6 Å². The number of carbonyl (C=O) groups excluding carboxylic acids is 3. The van der Waals surface area contributed by atoms with Crippen molar-refractivity contribution in [1.82, 2.24) is 0 Å². The molecule has 0 saturated carbocycles. The average molecular weight is 391 g/mol. The molecule has 0 aromatic heterocycles. The molecule has 3 amide bonds. The van der Waals surface area contributed by atoms with Gasteiger partial charge < -0.3 is 5.32 Å². The predicted octanol–water partition coefficient (Wildman–Crippen LogP) is 4.70. The smallest absolute Gasteiger partial charge is 0.266 e. The molecule has 0 radical (unpaired) electrons. The van der Waals surface area contributed by atoms with E-state index >= 15 is 0 Å². The molecule has 1 heterocycles. The molecular weight excluding hydrogens is 376 g/mol. The van der Waals surface area contributed by atoms with Crippen LogP contribution in [0.1, 0.15) is 36.6 Å². The highest BCUT2D eigenvalue weighted by Gasteiger charge is 2.37. The van der Waals surface area contributed by atoms with Crippen molar-refractivity contribution in [3.8, 4) is 0 Å². The summed E-state index contributed by atoms with van der Waals surface area (Å²) in [5.41, 5.74) is 2.91. The number of amides is 3. The molecule has 6 heteroatoms. The van der Waals surface area contributed by atoms with Crippen LogP contribution in [0.4, 0.5) is 11.4 Å². The first kappa shape index (κ1) is 17.9. The molecule has 0 saturated heterocycles. The summed E-state index contributed by atoms with van der Waals surface area (Å²) in [5, 5.41) is 3.31. The van der Waals surface area contributed by atoms with Crippen molar-refractivity contribution >= 4 is 40.7 Å². The van der Waals surface area contributed by atoms with E-state index in [0.717, 1.165) is 10.5 Å². The minimum atomic E-state index is -0.440. The summed E-state index contributed by atoms with van der Waals surface area (Å²) in [6.07, 6.45) is 0. The van der Waals surface area contributed by atoms with Crippen LogP contribution in [0.2, 0.25) is 5.02 Å². The van der Waals surface area contributed by atoms with E-state index in [1.165, 1.54) is 18.2 Å². The zero-order valence-corrected chi connectivity index (χ0v) is 15.7. The van der Waals surface area contributed by atoms with E-state index < -0.39 is 11.8 Å². The van der Waals surface area contributed by atoms with Crippen LogP contribution in [0, 0.1) is 6.92 Å². The van der Waals surface area contributed by atoms with Gasteiger partial charge >= 0.3 is 0 Å². The number of rotatable bonds is 3. The van der Waals surface area contributed by atoms with Crippen LogP contribution in [-0.4, -0.2) is 17.7 Å². The first-order valence-electron chi connectivity index (χ1n) is 8.60. The third-order valence-electron chi connectivity index (χ3n) is 4.54. The highest BCUT2D eigenvalue weighted by atomic mass is 35.5. The summed E-state index contributed by atoms with van der Waals surface area (Å²) < 4.78 is 0. The van der Waals surface area contributed by atoms with E-state index in [0.29, 0.717) is 22.0 Å². The molecule has 1 aliphatic rings. The van der Waals surface area contributed by atoms with Crippen molar-refractivity contribution in [2.75, 3.05) is 10.2 Å². The number of benzene rings is 3. The zero-order chi connectivity index (χ0) is 19.8. The van der Waals surface area contributed by atoms with Gasteiger partial charge in [-0.25, -0.2) is 4.90 Å². The van der Waals surface area contributed by atoms with Crippen molar-refractivity contribution in [2.45, 2.75) is 6.92 Å². The number of anilines is 2. The molecule has 0 unspecified atom stereocenters. The van der Waals surface area contributed by atoms with Gasteiger partial charge in [-0.05, 0) is 61.5 Å². The van der Waals surface area contributed by atoms with Gasteiger partial charge in [0.1, 0.15) is 0 Å². The fourth-order valence-electron chi connectivity index (χ4n) is 3.05. The fraction of sp³-hybridized carbons (Fsp3) is 0.0455. The lowest BCUT2D eigenvalue weighted by molar-refractivity contribution is 0.0925. The molecule has 5 nitrogen and oxygen atoms in total. The highest BCUT2D eigenvalue weighted by Crippen LogP contribution is 2.29. The Kier molecular flexibility index (Phi) is 4.45. The molecule has 1 aliphatic heterocycles. The summed E-state index contributed by atoms with van der Waals surface area (Å²) in [6.45, 7) is 1.93. The second-order valence-electron chi connectivity index (χ2n) is 6.50. The fourth-order valence-corrected chi connectivity index (χ4v) is 3.17. The Balaban J connectivity index is 1.62. The molecule has 3 aromatic carbocycles. The Morgan fingerprint density at radius 2 is 1.50 bits per heavy atom. The number of hydrogen-bond acceptors (Lipinski definition) is 3. The Hall–Kier alpha value is -3.44. The third kappa shape index (κ3) is 3.17. The van der Waals surface area contributed by atoms with E-state index in [-0.39, 0.29) is 17.0 Å². The van der Waals surface area contributed by atoms with E-state index in [4.69, 9.17) is 11.6 Å². The molecule has 0 atom stereocenters. The van der Waals surface area contributed by atoms with Crippen molar-refractivity contribution in [3.05, 3.63) is 94.0 Å². The van der Waals surface area contributed by atoms with Crippen molar-refractivity contribution in [3.63, 3.8) is 0 Å². The number of imide groups is 1. The van der Waals surface area contributed by atoms with Gasteiger partial charge in [0.05, 0.1) is 16.8 Å². The maximum absolute atomic E-state index is 12.8. The number of carbonyl (C=O) groups is 3. The van der Waals surface area contributed by atoms with Crippen LogP contribution in [0.3, 0.4) is 0 Å². The Morgan fingerprint density at radius 1 is 0.857 bits per heavy atom. The Morgan fingerprint density at radius 3 is 2.18 bits per heavy atom. The molecule has 0 aliphatic carbocycles. The average Bonchev–Trinajstić information content (AvgIpc) is 2.94. The summed E-state index contributed by atoms with van der Waals surface area (Å²) in [7, 11) is 0. The second kappa shape index (κ2) is 6.94. The third-order valence-corrected chi connectivity index (χ3v) is 4.79. The van der Waals surface area contributed by atoms with Gasteiger partial charge in [-0.1, -0.05) is 29.3 Å². The quantitative estimate of drug-likeness (QED) is 0.659. The summed E-state index contributed by atoms with van der Waals surface area (Å²) in [5.74, 6) is -1.21. The maximum Gasteiger partial charge on any atom is 0.266 e. The lowest BCUT2D eigenvalue weighted by atomic mass is 10.1. The molecule has 0 fully saturated rings. The first-order chi connectivity index (χ1) is 13.4. The van der Waals surface area contributed by atoms with Crippen molar-refractivity contribution in [1.29, 1.82) is 0 Å². The Bertz CT molecular complexity index is 1110. The van der Waals surface area contributed by atoms with Crippen molar-refractivity contribution in [2.24, 2.45) is 0 Å². The summed E-state index contributed by atoms with van der Waals surface area (Å²) in [6, 6.07) is 18.3. The van der Waals surface area contributed by atoms with Gasteiger partial charge in [-0.3, -0.25) is 14.4 Å². The molecule has 1 N–H and O–H groups in total. The van der Waals surface area contributed by atoms with Gasteiger partial charge in [0.15, 0.2) is 0 Å².